The van der Waals surface area contributed by atoms with Gasteiger partial charge in [0.05, 0.1) is 0 Å². The minimum absolute atomic E-state index is 0.0684. The minimum Gasteiger partial charge on any atom is -0.462 e. The average molecular weight is 695 g/mol. The van der Waals surface area contributed by atoms with E-state index in [1.807, 2.05) is 0 Å². The average Bonchev–Trinajstić information content (AvgIpc) is 3.08. The molecule has 0 aliphatic rings. The SMILES string of the molecule is CCC(C)CCCCCCCCCCC(=O)OC[C@@H](COC(=O)CCCCCCCCC(C)C)OC(=O)CCCCCCCCC(C)CC. The summed E-state index contributed by atoms with van der Waals surface area (Å²) in [7, 11) is 0. The molecule has 49 heavy (non-hydrogen) atoms. The van der Waals surface area contributed by atoms with Crippen LogP contribution in [0.15, 0.2) is 0 Å². The number of esters is 3. The van der Waals surface area contributed by atoms with Gasteiger partial charge in [-0.3, -0.25) is 14.4 Å². The number of unbranched alkanes of at least 4 members (excludes halogenated alkanes) is 17. The molecule has 0 N–H and O–H groups in total. The molecule has 0 aromatic heterocycles. The van der Waals surface area contributed by atoms with E-state index >= 15 is 0 Å². The summed E-state index contributed by atoms with van der Waals surface area (Å²) in [5, 5.41) is 0. The minimum atomic E-state index is -0.762. The molecule has 0 aromatic carbocycles. The van der Waals surface area contributed by atoms with Gasteiger partial charge >= 0.3 is 17.9 Å². The van der Waals surface area contributed by atoms with Crippen molar-refractivity contribution in [2.75, 3.05) is 13.2 Å². The highest BCUT2D eigenvalue weighted by Crippen LogP contribution is 2.17. The molecule has 0 bridgehead atoms. The lowest BCUT2D eigenvalue weighted by atomic mass is 9.99. The molecule has 0 aliphatic heterocycles. The van der Waals surface area contributed by atoms with E-state index in [-0.39, 0.29) is 31.1 Å². The van der Waals surface area contributed by atoms with Gasteiger partial charge in [0.15, 0.2) is 6.10 Å². The lowest BCUT2D eigenvalue weighted by Crippen LogP contribution is -2.30. The van der Waals surface area contributed by atoms with Crippen LogP contribution in [0.5, 0.6) is 0 Å². The molecule has 0 aromatic rings. The van der Waals surface area contributed by atoms with Crippen molar-refractivity contribution in [3.8, 4) is 0 Å². The van der Waals surface area contributed by atoms with Gasteiger partial charge in [-0.1, -0.05) is 183 Å². The Bertz CT molecular complexity index is 765. The molecule has 0 spiro atoms. The fraction of sp³-hybridized carbons (Fsp3) is 0.930. The monoisotopic (exact) mass is 695 g/mol. The molecule has 290 valence electrons. The first kappa shape index (κ1) is 47.4. The predicted octanol–water partition coefficient (Wildman–Crippen LogP) is 12.9. The van der Waals surface area contributed by atoms with Crippen molar-refractivity contribution in [1.29, 1.82) is 0 Å². The van der Waals surface area contributed by atoms with E-state index in [4.69, 9.17) is 14.2 Å². The lowest BCUT2D eigenvalue weighted by molar-refractivity contribution is -0.167. The Hall–Kier alpha value is -1.59. The zero-order valence-corrected chi connectivity index (χ0v) is 33.5. The molecule has 0 aliphatic carbocycles. The van der Waals surface area contributed by atoms with E-state index in [2.05, 4.69) is 41.5 Å². The third-order valence-corrected chi connectivity index (χ3v) is 10.1. The highest BCUT2D eigenvalue weighted by Gasteiger charge is 2.19. The van der Waals surface area contributed by atoms with Crippen LogP contribution in [-0.2, 0) is 28.6 Å². The molecule has 0 fully saturated rings. The van der Waals surface area contributed by atoms with E-state index < -0.39 is 6.10 Å². The third kappa shape index (κ3) is 34.6. The standard InChI is InChI=1S/C43H82O6/c1-7-38(5)30-24-18-11-9-10-12-20-26-32-41(44)47-35-40(36-48-42(45)33-27-21-15-13-17-23-29-37(3)4)49-43(46)34-28-22-16-14-19-25-31-39(6)8-2/h37-40H,7-36H2,1-6H3/t38?,39?,40-/m0/s1. The third-order valence-electron chi connectivity index (χ3n) is 10.1. The molecule has 0 radical (unpaired) electrons. The Morgan fingerprint density at radius 3 is 1.06 bits per heavy atom. The smallest absolute Gasteiger partial charge is 0.306 e. The number of hydrogen-bond acceptors (Lipinski definition) is 6. The van der Waals surface area contributed by atoms with Gasteiger partial charge < -0.3 is 14.2 Å². The normalized spacial score (nSPS) is 13.3. The predicted molar refractivity (Wildman–Crippen MR) is 206 cm³/mol. The van der Waals surface area contributed by atoms with Crippen LogP contribution >= 0.6 is 0 Å². The largest absolute Gasteiger partial charge is 0.462 e. The molecule has 0 rings (SSSR count). The van der Waals surface area contributed by atoms with E-state index in [1.165, 1.54) is 103 Å². The van der Waals surface area contributed by atoms with E-state index in [0.717, 1.165) is 75.5 Å². The first-order chi connectivity index (χ1) is 23.7. The van der Waals surface area contributed by atoms with Gasteiger partial charge in [0, 0.05) is 19.3 Å². The molecule has 0 saturated heterocycles. The first-order valence-electron chi connectivity index (χ1n) is 21.2. The maximum Gasteiger partial charge on any atom is 0.306 e. The Balaban J connectivity index is 4.37. The molecule has 3 atom stereocenters. The first-order valence-corrected chi connectivity index (χ1v) is 21.2. The van der Waals surface area contributed by atoms with E-state index in [0.29, 0.717) is 19.3 Å². The fourth-order valence-corrected chi connectivity index (χ4v) is 6.11. The summed E-state index contributed by atoms with van der Waals surface area (Å²) in [6.45, 7) is 13.6. The Morgan fingerprint density at radius 1 is 0.408 bits per heavy atom. The Morgan fingerprint density at radius 2 is 0.714 bits per heavy atom. The van der Waals surface area contributed by atoms with E-state index in [9.17, 15) is 14.4 Å². The molecule has 6 heteroatoms. The highest BCUT2D eigenvalue weighted by atomic mass is 16.6. The number of carbonyl (C=O) groups is 3. The van der Waals surface area contributed by atoms with Gasteiger partial charge in [-0.15, -0.1) is 0 Å². The highest BCUT2D eigenvalue weighted by molar-refractivity contribution is 5.71. The maximum absolute atomic E-state index is 12.6. The summed E-state index contributed by atoms with van der Waals surface area (Å²) in [5.41, 5.74) is 0. The lowest BCUT2D eigenvalue weighted by Gasteiger charge is -2.18. The molecule has 0 saturated carbocycles. The van der Waals surface area contributed by atoms with Crippen LogP contribution in [0.3, 0.4) is 0 Å². The summed E-state index contributed by atoms with van der Waals surface area (Å²) < 4.78 is 16.6. The number of rotatable bonds is 36. The van der Waals surface area contributed by atoms with Crippen molar-refractivity contribution in [2.24, 2.45) is 17.8 Å². The summed E-state index contributed by atoms with van der Waals surface area (Å²) in [6, 6.07) is 0. The van der Waals surface area contributed by atoms with Crippen molar-refractivity contribution >= 4 is 17.9 Å². The number of hydrogen-bond donors (Lipinski definition) is 0. The Labute approximate surface area is 304 Å². The number of ether oxygens (including phenoxy) is 3. The molecular formula is C43H82O6. The quantitative estimate of drug-likeness (QED) is 0.0369. The van der Waals surface area contributed by atoms with Crippen LogP contribution in [0.4, 0.5) is 0 Å². The van der Waals surface area contributed by atoms with Gasteiger partial charge in [0.25, 0.3) is 0 Å². The molecular weight excluding hydrogens is 612 g/mol. The zero-order valence-electron chi connectivity index (χ0n) is 33.5. The second-order valence-corrected chi connectivity index (χ2v) is 15.6. The van der Waals surface area contributed by atoms with Crippen LogP contribution in [0, 0.1) is 17.8 Å². The topological polar surface area (TPSA) is 78.9 Å². The second kappa shape index (κ2) is 34.8. The van der Waals surface area contributed by atoms with Crippen LogP contribution in [0.2, 0.25) is 0 Å². The molecule has 6 nitrogen and oxygen atoms in total. The van der Waals surface area contributed by atoms with Crippen molar-refractivity contribution in [1.82, 2.24) is 0 Å². The van der Waals surface area contributed by atoms with Crippen LogP contribution in [-0.4, -0.2) is 37.2 Å². The van der Waals surface area contributed by atoms with Crippen LogP contribution < -0.4 is 0 Å². The van der Waals surface area contributed by atoms with Gasteiger partial charge in [-0.2, -0.15) is 0 Å². The van der Waals surface area contributed by atoms with Gasteiger partial charge in [-0.25, -0.2) is 0 Å². The van der Waals surface area contributed by atoms with Gasteiger partial charge in [0.2, 0.25) is 0 Å². The van der Waals surface area contributed by atoms with Crippen molar-refractivity contribution in [3.05, 3.63) is 0 Å². The van der Waals surface area contributed by atoms with Crippen molar-refractivity contribution in [3.63, 3.8) is 0 Å². The zero-order chi connectivity index (χ0) is 36.4. The van der Waals surface area contributed by atoms with Gasteiger partial charge in [-0.05, 0) is 37.0 Å². The summed E-state index contributed by atoms with van der Waals surface area (Å²) >= 11 is 0. The molecule has 2 unspecified atom stereocenters. The van der Waals surface area contributed by atoms with Crippen molar-refractivity contribution in [2.45, 2.75) is 227 Å². The van der Waals surface area contributed by atoms with Crippen molar-refractivity contribution < 1.29 is 28.6 Å². The van der Waals surface area contributed by atoms with E-state index in [1.54, 1.807) is 0 Å². The summed E-state index contributed by atoms with van der Waals surface area (Å²) in [5.74, 6) is 1.55. The van der Waals surface area contributed by atoms with Gasteiger partial charge in [0.1, 0.15) is 13.2 Å². The number of carbonyl (C=O) groups excluding carboxylic acids is 3. The second-order valence-electron chi connectivity index (χ2n) is 15.6. The molecule has 0 amide bonds. The van der Waals surface area contributed by atoms with Crippen LogP contribution in [0.25, 0.3) is 0 Å². The van der Waals surface area contributed by atoms with Crippen LogP contribution in [0.1, 0.15) is 221 Å². The summed E-state index contributed by atoms with van der Waals surface area (Å²) in [4.78, 5) is 37.5. The Kier molecular flexibility index (Phi) is 33.7. The summed E-state index contributed by atoms with van der Waals surface area (Å²) in [6.07, 6.45) is 29.6. The molecule has 0 heterocycles. The fourth-order valence-electron chi connectivity index (χ4n) is 6.11. The maximum atomic E-state index is 12.6.